The predicted octanol–water partition coefficient (Wildman–Crippen LogP) is 0.373. The van der Waals surface area contributed by atoms with E-state index in [-0.39, 0.29) is 6.10 Å². The Kier molecular flexibility index (Phi) is 5.86. The maximum atomic E-state index is 9.80. The van der Waals surface area contributed by atoms with E-state index in [4.69, 9.17) is 0 Å². The molecular formula is C13H29N3O. The van der Waals surface area contributed by atoms with Gasteiger partial charge in [-0.3, -0.25) is 0 Å². The van der Waals surface area contributed by atoms with Crippen LogP contribution in [-0.2, 0) is 0 Å². The lowest BCUT2D eigenvalue weighted by Crippen LogP contribution is -2.51. The maximum Gasteiger partial charge on any atom is 0.0791 e. The van der Waals surface area contributed by atoms with Crippen LogP contribution in [0.25, 0.3) is 0 Å². The summed E-state index contributed by atoms with van der Waals surface area (Å²) in [5.41, 5.74) is 0.317. The van der Waals surface area contributed by atoms with Crippen molar-refractivity contribution in [3.63, 3.8) is 0 Å². The molecule has 0 spiro atoms. The van der Waals surface area contributed by atoms with Crippen LogP contribution in [0.15, 0.2) is 0 Å². The van der Waals surface area contributed by atoms with Gasteiger partial charge in [0.2, 0.25) is 0 Å². The van der Waals surface area contributed by atoms with Crippen molar-refractivity contribution in [1.82, 2.24) is 15.1 Å². The highest BCUT2D eigenvalue weighted by molar-refractivity contribution is 4.94. The summed E-state index contributed by atoms with van der Waals surface area (Å²) in [4.78, 5) is 4.37. The molecule has 1 aliphatic carbocycles. The maximum absolute atomic E-state index is 9.80. The van der Waals surface area contributed by atoms with E-state index in [1.54, 1.807) is 0 Å². The third-order valence-electron chi connectivity index (χ3n) is 3.89. The lowest BCUT2D eigenvalue weighted by atomic mass is 9.96. The van der Waals surface area contributed by atoms with Crippen LogP contribution in [0.5, 0.6) is 0 Å². The second-order valence-electron chi connectivity index (χ2n) is 5.87. The number of likely N-dealkylation sites (N-methyl/N-ethyl adjacent to an activating group) is 2. The molecule has 0 aliphatic heterocycles. The summed E-state index contributed by atoms with van der Waals surface area (Å²) in [6.45, 7) is 2.40. The molecule has 1 unspecified atom stereocenters. The average molecular weight is 243 g/mol. The lowest BCUT2D eigenvalue weighted by molar-refractivity contribution is 0.116. The van der Waals surface area contributed by atoms with Crippen molar-refractivity contribution in [2.75, 3.05) is 47.8 Å². The Morgan fingerprint density at radius 2 is 1.76 bits per heavy atom. The standard InChI is InChI=1S/C13H29N3O/c1-15(2)10-12(17)9-14-11-13(16(3)4)7-5-6-8-13/h12,14,17H,5-11H2,1-4H3. The minimum atomic E-state index is -0.273. The molecule has 1 atom stereocenters. The van der Waals surface area contributed by atoms with Gasteiger partial charge in [-0.15, -0.1) is 0 Å². The molecule has 0 saturated heterocycles. The molecule has 102 valence electrons. The van der Waals surface area contributed by atoms with E-state index in [0.29, 0.717) is 12.1 Å². The average Bonchev–Trinajstić information content (AvgIpc) is 2.66. The summed E-state index contributed by atoms with van der Waals surface area (Å²) >= 11 is 0. The molecule has 0 aromatic rings. The highest BCUT2D eigenvalue weighted by Crippen LogP contribution is 2.32. The van der Waals surface area contributed by atoms with Gasteiger partial charge in [-0.05, 0) is 41.0 Å². The summed E-state index contributed by atoms with van der Waals surface area (Å²) in [6.07, 6.45) is 4.94. The monoisotopic (exact) mass is 243 g/mol. The Morgan fingerprint density at radius 1 is 1.18 bits per heavy atom. The first kappa shape index (κ1) is 14.9. The van der Waals surface area contributed by atoms with Crippen LogP contribution in [0.1, 0.15) is 25.7 Å². The minimum Gasteiger partial charge on any atom is -0.390 e. The van der Waals surface area contributed by atoms with Crippen LogP contribution in [0.4, 0.5) is 0 Å². The van der Waals surface area contributed by atoms with Crippen molar-refractivity contribution in [2.45, 2.75) is 37.3 Å². The molecule has 4 nitrogen and oxygen atoms in total. The summed E-state index contributed by atoms with van der Waals surface area (Å²) < 4.78 is 0. The van der Waals surface area contributed by atoms with E-state index < -0.39 is 0 Å². The number of aliphatic hydroxyl groups is 1. The minimum absolute atomic E-state index is 0.273. The van der Waals surface area contributed by atoms with Gasteiger partial charge in [0, 0.05) is 25.2 Å². The van der Waals surface area contributed by atoms with Gasteiger partial charge in [0.15, 0.2) is 0 Å². The van der Waals surface area contributed by atoms with E-state index in [0.717, 1.165) is 13.1 Å². The van der Waals surface area contributed by atoms with Gasteiger partial charge in [0.25, 0.3) is 0 Å². The fourth-order valence-electron chi connectivity index (χ4n) is 2.77. The molecule has 0 amide bonds. The van der Waals surface area contributed by atoms with Crippen LogP contribution in [0, 0.1) is 0 Å². The molecule has 4 heteroatoms. The smallest absolute Gasteiger partial charge is 0.0791 e. The fraction of sp³-hybridized carbons (Fsp3) is 1.00. The van der Waals surface area contributed by atoms with E-state index in [9.17, 15) is 5.11 Å². The normalized spacial score (nSPS) is 21.4. The highest BCUT2D eigenvalue weighted by atomic mass is 16.3. The van der Waals surface area contributed by atoms with Gasteiger partial charge in [0.05, 0.1) is 6.10 Å². The summed E-state index contributed by atoms with van der Waals surface area (Å²) in [5, 5.41) is 13.2. The molecule has 0 aromatic carbocycles. The molecule has 1 fully saturated rings. The quantitative estimate of drug-likeness (QED) is 0.678. The van der Waals surface area contributed by atoms with Crippen LogP contribution >= 0.6 is 0 Å². The summed E-state index contributed by atoms with van der Waals surface area (Å²) in [5.74, 6) is 0. The zero-order chi connectivity index (χ0) is 12.9. The number of hydrogen-bond acceptors (Lipinski definition) is 4. The van der Waals surface area contributed by atoms with Gasteiger partial charge in [-0.2, -0.15) is 0 Å². The third kappa shape index (κ3) is 4.54. The fourth-order valence-corrected chi connectivity index (χ4v) is 2.77. The van der Waals surface area contributed by atoms with Gasteiger partial charge in [-0.1, -0.05) is 12.8 Å². The van der Waals surface area contributed by atoms with Crippen molar-refractivity contribution < 1.29 is 5.11 Å². The highest BCUT2D eigenvalue weighted by Gasteiger charge is 2.35. The second-order valence-corrected chi connectivity index (χ2v) is 5.87. The Hall–Kier alpha value is -0.160. The van der Waals surface area contributed by atoms with Crippen LogP contribution in [0.3, 0.4) is 0 Å². The van der Waals surface area contributed by atoms with Crippen LogP contribution in [0.2, 0.25) is 0 Å². The molecular weight excluding hydrogens is 214 g/mol. The summed E-state index contributed by atoms with van der Waals surface area (Å²) in [6, 6.07) is 0. The molecule has 0 radical (unpaired) electrons. The zero-order valence-electron chi connectivity index (χ0n) is 11.9. The van der Waals surface area contributed by atoms with E-state index in [2.05, 4.69) is 24.3 Å². The van der Waals surface area contributed by atoms with Crippen LogP contribution in [-0.4, -0.2) is 74.4 Å². The Morgan fingerprint density at radius 3 is 2.24 bits per heavy atom. The number of nitrogens with one attached hydrogen (secondary N) is 1. The van der Waals surface area contributed by atoms with Gasteiger partial charge < -0.3 is 20.2 Å². The molecule has 2 N–H and O–H groups in total. The van der Waals surface area contributed by atoms with Crippen molar-refractivity contribution in [1.29, 1.82) is 0 Å². The Labute approximate surface area is 106 Å². The molecule has 1 saturated carbocycles. The third-order valence-corrected chi connectivity index (χ3v) is 3.89. The molecule has 17 heavy (non-hydrogen) atoms. The first-order valence-electron chi connectivity index (χ1n) is 6.67. The SMILES string of the molecule is CN(C)CC(O)CNCC1(N(C)C)CCCC1. The largest absolute Gasteiger partial charge is 0.390 e. The van der Waals surface area contributed by atoms with E-state index in [1.807, 2.05) is 19.0 Å². The predicted molar refractivity (Wildman–Crippen MR) is 72.3 cm³/mol. The topological polar surface area (TPSA) is 38.7 Å². The van der Waals surface area contributed by atoms with Crippen LogP contribution < -0.4 is 5.32 Å². The van der Waals surface area contributed by atoms with Crippen molar-refractivity contribution >= 4 is 0 Å². The van der Waals surface area contributed by atoms with E-state index in [1.165, 1.54) is 25.7 Å². The molecule has 0 aromatic heterocycles. The van der Waals surface area contributed by atoms with Crippen molar-refractivity contribution in [3.05, 3.63) is 0 Å². The van der Waals surface area contributed by atoms with Crippen molar-refractivity contribution in [3.8, 4) is 0 Å². The molecule has 1 aliphatic rings. The van der Waals surface area contributed by atoms with Gasteiger partial charge in [0.1, 0.15) is 0 Å². The Bertz CT molecular complexity index is 213. The van der Waals surface area contributed by atoms with E-state index >= 15 is 0 Å². The summed E-state index contributed by atoms with van der Waals surface area (Å²) in [7, 11) is 8.31. The molecule has 0 heterocycles. The van der Waals surface area contributed by atoms with Crippen molar-refractivity contribution in [2.24, 2.45) is 0 Å². The molecule has 0 bridgehead atoms. The number of rotatable bonds is 7. The zero-order valence-corrected chi connectivity index (χ0v) is 11.9. The lowest BCUT2D eigenvalue weighted by Gasteiger charge is -2.37. The molecule has 1 rings (SSSR count). The first-order chi connectivity index (χ1) is 7.96. The van der Waals surface area contributed by atoms with Gasteiger partial charge >= 0.3 is 0 Å². The number of hydrogen-bond donors (Lipinski definition) is 2. The second kappa shape index (κ2) is 6.69. The van der Waals surface area contributed by atoms with Gasteiger partial charge in [-0.25, -0.2) is 0 Å². The first-order valence-corrected chi connectivity index (χ1v) is 6.67. The number of nitrogens with zero attached hydrogens (tertiary/aromatic N) is 2. The number of aliphatic hydroxyl groups excluding tert-OH is 1. The Balaban J connectivity index is 2.28.